The zero-order valence-electron chi connectivity index (χ0n) is 23.0. The molecule has 0 bridgehead atoms. The molecule has 3 radical (unpaired) electrons. The molecular weight excluding hydrogens is 436 g/mol. The van der Waals surface area contributed by atoms with Crippen LogP contribution in [0, 0.1) is 35.5 Å². The van der Waals surface area contributed by atoms with Crippen LogP contribution in [0.3, 0.4) is 0 Å². The van der Waals surface area contributed by atoms with E-state index in [2.05, 4.69) is 22.4 Å². The van der Waals surface area contributed by atoms with Crippen molar-refractivity contribution in [3.05, 3.63) is 23.3 Å². The van der Waals surface area contributed by atoms with Gasteiger partial charge in [0.2, 0.25) is 0 Å². The lowest BCUT2D eigenvalue weighted by Crippen LogP contribution is -2.23. The molecule has 0 unspecified atom stereocenters. The summed E-state index contributed by atoms with van der Waals surface area (Å²) >= 11 is 0. The highest BCUT2D eigenvalue weighted by Crippen LogP contribution is 2.45. The van der Waals surface area contributed by atoms with Crippen molar-refractivity contribution in [3.63, 3.8) is 0 Å². The molecule has 0 spiro atoms. The van der Waals surface area contributed by atoms with Crippen molar-refractivity contribution >= 4 is 10.2 Å². The molecule has 0 aliphatic heterocycles. The van der Waals surface area contributed by atoms with Crippen LogP contribution in [0.4, 0.5) is 0 Å². The summed E-state index contributed by atoms with van der Waals surface area (Å²) < 4.78 is 0. The van der Waals surface area contributed by atoms with Crippen LogP contribution in [-0.2, 0) is 0 Å². The van der Waals surface area contributed by atoms with E-state index >= 15 is 0 Å². The van der Waals surface area contributed by atoms with E-state index in [9.17, 15) is 0 Å². The topological polar surface area (TPSA) is 0 Å². The molecule has 0 aromatic heterocycles. The molecule has 5 aliphatic carbocycles. The maximum absolute atomic E-state index is 3.97. The predicted molar refractivity (Wildman–Crippen MR) is 153 cm³/mol. The molecular formula is C34H55Si. The minimum atomic E-state index is 0.781. The first-order valence-corrected chi connectivity index (χ1v) is 17.0. The molecule has 0 heterocycles. The van der Waals surface area contributed by atoms with Crippen LogP contribution < -0.4 is 0 Å². The third-order valence-electron chi connectivity index (χ3n) is 11.1. The van der Waals surface area contributed by atoms with Gasteiger partial charge in [-0.2, -0.15) is 0 Å². The van der Waals surface area contributed by atoms with E-state index in [0.717, 1.165) is 41.0 Å². The predicted octanol–water partition coefficient (Wildman–Crippen LogP) is 10.5. The van der Waals surface area contributed by atoms with Gasteiger partial charge in [-0.1, -0.05) is 99.5 Å². The molecule has 195 valence electrons. The van der Waals surface area contributed by atoms with Crippen LogP contribution in [-0.4, -0.2) is 10.2 Å². The summed E-state index contributed by atoms with van der Waals surface area (Å²) in [6.07, 6.45) is 39.8. The van der Waals surface area contributed by atoms with Crippen molar-refractivity contribution in [2.24, 2.45) is 35.5 Å². The molecule has 5 rings (SSSR count). The standard InChI is InChI=1S/C34H55Si/c35-32-22-20-31(21-23-32)34(30-14-8-3-9-15-30)25-27-18-16-26(17-19-27)24-33(28-10-4-1-5-11-28)29-12-6-2-7-13-29/h24-32H,1-23H2. The highest BCUT2D eigenvalue weighted by Gasteiger charge is 2.31. The van der Waals surface area contributed by atoms with Gasteiger partial charge in [0, 0.05) is 10.2 Å². The largest absolute Gasteiger partial charge is 0.0817 e. The first kappa shape index (κ1) is 26.3. The van der Waals surface area contributed by atoms with Crippen molar-refractivity contribution in [2.75, 3.05) is 0 Å². The second-order valence-electron chi connectivity index (χ2n) is 13.6. The number of hydrogen-bond acceptors (Lipinski definition) is 0. The summed E-state index contributed by atoms with van der Waals surface area (Å²) in [4.78, 5) is 0. The maximum Gasteiger partial charge on any atom is 0.0266 e. The van der Waals surface area contributed by atoms with E-state index in [-0.39, 0.29) is 0 Å². The molecule has 1 heteroatoms. The Hall–Kier alpha value is -0.303. The van der Waals surface area contributed by atoms with Gasteiger partial charge in [0.05, 0.1) is 0 Å². The molecule has 0 nitrogen and oxygen atoms in total. The Labute approximate surface area is 222 Å². The number of hydrogen-bond donors (Lipinski definition) is 0. The van der Waals surface area contributed by atoms with Crippen LogP contribution >= 0.6 is 0 Å². The van der Waals surface area contributed by atoms with Crippen LogP contribution in [0.1, 0.15) is 148 Å². The van der Waals surface area contributed by atoms with E-state index in [1.165, 1.54) is 148 Å². The van der Waals surface area contributed by atoms with E-state index < -0.39 is 0 Å². The van der Waals surface area contributed by atoms with Crippen molar-refractivity contribution in [1.29, 1.82) is 0 Å². The van der Waals surface area contributed by atoms with Crippen LogP contribution in [0.25, 0.3) is 0 Å². The fraction of sp³-hybridized carbons (Fsp3) is 0.882. The molecule has 5 aliphatic rings. The Balaban J connectivity index is 1.24. The normalized spacial score (nSPS) is 35.1. The summed E-state index contributed by atoms with van der Waals surface area (Å²) in [5.74, 6) is 5.51. The van der Waals surface area contributed by atoms with E-state index in [0.29, 0.717) is 0 Å². The van der Waals surface area contributed by atoms with Gasteiger partial charge in [0.15, 0.2) is 0 Å². The zero-order chi connectivity index (χ0) is 23.9. The summed E-state index contributed by atoms with van der Waals surface area (Å²) in [5, 5.41) is 0. The van der Waals surface area contributed by atoms with Crippen molar-refractivity contribution in [1.82, 2.24) is 0 Å². The molecule has 5 saturated carbocycles. The Bertz CT molecular complexity index is 649. The Morgan fingerprint density at radius 2 is 0.686 bits per heavy atom. The second-order valence-corrected chi connectivity index (χ2v) is 14.4. The highest BCUT2D eigenvalue weighted by atomic mass is 28.1. The monoisotopic (exact) mass is 491 g/mol. The average Bonchev–Trinajstić information content (AvgIpc) is 2.93. The second kappa shape index (κ2) is 13.5. The zero-order valence-corrected chi connectivity index (χ0v) is 24.0. The van der Waals surface area contributed by atoms with Crippen LogP contribution in [0.2, 0.25) is 5.54 Å². The quantitative estimate of drug-likeness (QED) is 0.256. The molecule has 5 fully saturated rings. The molecule has 0 aromatic carbocycles. The first-order valence-electron chi connectivity index (χ1n) is 16.4. The molecule has 0 saturated heterocycles. The van der Waals surface area contributed by atoms with Crippen LogP contribution in [0.5, 0.6) is 0 Å². The lowest BCUT2D eigenvalue weighted by atomic mass is 9.70. The third-order valence-corrected chi connectivity index (χ3v) is 11.7. The van der Waals surface area contributed by atoms with Gasteiger partial charge in [0.25, 0.3) is 0 Å². The van der Waals surface area contributed by atoms with Gasteiger partial charge in [-0.15, -0.1) is 0 Å². The van der Waals surface area contributed by atoms with Crippen molar-refractivity contribution in [2.45, 2.75) is 153 Å². The fourth-order valence-electron chi connectivity index (χ4n) is 8.97. The van der Waals surface area contributed by atoms with Crippen LogP contribution in [0.15, 0.2) is 23.3 Å². The Morgan fingerprint density at radius 1 is 0.371 bits per heavy atom. The van der Waals surface area contributed by atoms with E-state index in [1.807, 2.05) is 11.1 Å². The number of allylic oxidation sites excluding steroid dienone is 4. The van der Waals surface area contributed by atoms with Gasteiger partial charge >= 0.3 is 0 Å². The SMILES string of the molecule is [Si]C1CCC(C(=CC2CCC(C=C(C3CCCCC3)C3CCCCC3)CC2)C2CCCCC2)CC1. The van der Waals surface area contributed by atoms with Gasteiger partial charge < -0.3 is 0 Å². The molecule has 0 N–H and O–H groups in total. The first-order chi connectivity index (χ1) is 17.3. The third kappa shape index (κ3) is 7.39. The minimum absolute atomic E-state index is 0.781. The smallest absolute Gasteiger partial charge is 0.0266 e. The van der Waals surface area contributed by atoms with Gasteiger partial charge in [-0.05, 0) is 113 Å². The lowest BCUT2D eigenvalue weighted by molar-refractivity contribution is 0.303. The maximum atomic E-state index is 3.97. The molecule has 0 aromatic rings. The highest BCUT2D eigenvalue weighted by molar-refractivity contribution is 6.11. The molecule has 0 amide bonds. The average molecular weight is 492 g/mol. The van der Waals surface area contributed by atoms with E-state index in [4.69, 9.17) is 0 Å². The minimum Gasteiger partial charge on any atom is -0.0817 e. The fourth-order valence-corrected chi connectivity index (χ4v) is 9.30. The number of rotatable bonds is 6. The Kier molecular flexibility index (Phi) is 10.1. The van der Waals surface area contributed by atoms with E-state index in [1.54, 1.807) is 0 Å². The van der Waals surface area contributed by atoms with Crippen molar-refractivity contribution < 1.29 is 0 Å². The van der Waals surface area contributed by atoms with Gasteiger partial charge in [-0.25, -0.2) is 0 Å². The molecule has 35 heavy (non-hydrogen) atoms. The summed E-state index contributed by atoms with van der Waals surface area (Å²) in [6, 6.07) is 0. The summed E-state index contributed by atoms with van der Waals surface area (Å²) in [6.45, 7) is 0. The van der Waals surface area contributed by atoms with Gasteiger partial charge in [0.1, 0.15) is 0 Å². The summed E-state index contributed by atoms with van der Waals surface area (Å²) in [7, 11) is 3.97. The Morgan fingerprint density at radius 3 is 1.03 bits per heavy atom. The summed E-state index contributed by atoms with van der Waals surface area (Å²) in [5.41, 5.74) is 4.70. The molecule has 0 atom stereocenters. The van der Waals surface area contributed by atoms with Crippen molar-refractivity contribution in [3.8, 4) is 0 Å². The van der Waals surface area contributed by atoms with Gasteiger partial charge in [-0.3, -0.25) is 0 Å². The lowest BCUT2D eigenvalue weighted by Gasteiger charge is -2.36.